The van der Waals surface area contributed by atoms with E-state index in [1.165, 1.54) is 18.2 Å². The van der Waals surface area contributed by atoms with E-state index in [9.17, 15) is 9.59 Å². The zero-order chi connectivity index (χ0) is 21.5. The summed E-state index contributed by atoms with van der Waals surface area (Å²) in [6.45, 7) is 0. The van der Waals surface area contributed by atoms with Crippen LogP contribution in [-0.2, 0) is 17.6 Å². The number of hydrogen-bond donors (Lipinski definition) is 0. The molecule has 1 aliphatic carbocycles. The van der Waals surface area contributed by atoms with Gasteiger partial charge in [0.05, 0.1) is 7.11 Å². The van der Waals surface area contributed by atoms with Crippen LogP contribution in [0.3, 0.4) is 0 Å². The van der Waals surface area contributed by atoms with Crippen molar-refractivity contribution in [3.8, 4) is 11.1 Å². The Morgan fingerprint density at radius 3 is 2.23 bits per heavy atom. The minimum Gasteiger partial charge on any atom is -0.464 e. The van der Waals surface area contributed by atoms with Crippen molar-refractivity contribution in [2.75, 3.05) is 7.11 Å². The third-order valence-corrected chi connectivity index (χ3v) is 6.51. The fourth-order valence-electron chi connectivity index (χ4n) is 4.65. The molecule has 0 aliphatic heterocycles. The van der Waals surface area contributed by atoms with Gasteiger partial charge in [0.25, 0.3) is 5.56 Å². The average Bonchev–Trinajstić information content (AvgIpc) is 3.22. The second kappa shape index (κ2) is 7.82. The van der Waals surface area contributed by atoms with Crippen molar-refractivity contribution < 1.29 is 9.53 Å². The van der Waals surface area contributed by atoms with E-state index in [0.29, 0.717) is 23.9 Å². The molecule has 1 aliphatic rings. The van der Waals surface area contributed by atoms with Crippen LogP contribution in [0.2, 0.25) is 0 Å². The van der Waals surface area contributed by atoms with E-state index >= 15 is 0 Å². The van der Waals surface area contributed by atoms with E-state index in [1.54, 1.807) is 4.57 Å². The third-order valence-electron chi connectivity index (χ3n) is 6.01. The predicted molar refractivity (Wildman–Crippen MR) is 126 cm³/mol. The number of ether oxygens (including phenoxy) is 1. The summed E-state index contributed by atoms with van der Waals surface area (Å²) >= 11 is 3.52. The molecular weight excluding hydrogens is 454 g/mol. The molecule has 0 atom stereocenters. The normalized spacial score (nSPS) is 13.4. The Morgan fingerprint density at radius 2 is 1.58 bits per heavy atom. The van der Waals surface area contributed by atoms with Crippen molar-refractivity contribution >= 4 is 32.7 Å². The Bertz CT molecular complexity index is 1350. The van der Waals surface area contributed by atoms with E-state index in [0.717, 1.165) is 21.0 Å². The molecule has 0 N–H and O–H groups in total. The maximum Gasteiger partial charge on any atom is 0.355 e. The molecule has 5 rings (SSSR count). The molecule has 0 saturated carbocycles. The standard InChI is InChI=1S/C26H20BrNO3/c1-31-26(30)24-23(16-7-3-2-4-8-16)22-15-19(27)11-12-21(22)25(29)28(24)20-13-17-9-5-6-10-18(17)14-20/h2-12,15,20H,13-14H2,1H3. The molecule has 1 heterocycles. The van der Waals surface area contributed by atoms with Gasteiger partial charge in [-0.05, 0) is 53.1 Å². The number of rotatable bonds is 3. The second-order valence-electron chi connectivity index (χ2n) is 7.78. The average molecular weight is 474 g/mol. The number of aromatic nitrogens is 1. The Labute approximate surface area is 188 Å². The minimum atomic E-state index is -0.506. The van der Waals surface area contributed by atoms with Gasteiger partial charge in [0.2, 0.25) is 0 Å². The maximum absolute atomic E-state index is 13.7. The summed E-state index contributed by atoms with van der Waals surface area (Å²) in [5.74, 6) is -0.506. The number of fused-ring (bicyclic) bond motifs is 2. The van der Waals surface area contributed by atoms with Crippen molar-refractivity contribution in [1.82, 2.24) is 4.57 Å². The molecule has 0 amide bonds. The lowest BCUT2D eigenvalue weighted by atomic mass is 9.95. The molecule has 1 aromatic heterocycles. The lowest BCUT2D eigenvalue weighted by molar-refractivity contribution is 0.0585. The van der Waals surface area contributed by atoms with Crippen LogP contribution in [0.5, 0.6) is 0 Å². The maximum atomic E-state index is 13.7. The van der Waals surface area contributed by atoms with Gasteiger partial charge in [-0.2, -0.15) is 0 Å². The van der Waals surface area contributed by atoms with Crippen LogP contribution in [0.4, 0.5) is 0 Å². The third kappa shape index (κ3) is 3.29. The monoisotopic (exact) mass is 473 g/mol. The van der Waals surface area contributed by atoms with Crippen molar-refractivity contribution in [1.29, 1.82) is 0 Å². The molecular formula is C26H20BrNO3. The number of benzene rings is 3. The Balaban J connectivity index is 1.88. The molecule has 0 fully saturated rings. The van der Waals surface area contributed by atoms with Crippen molar-refractivity contribution in [2.45, 2.75) is 18.9 Å². The highest BCUT2D eigenvalue weighted by atomic mass is 79.9. The molecule has 0 spiro atoms. The second-order valence-corrected chi connectivity index (χ2v) is 8.69. The van der Waals surface area contributed by atoms with Crippen molar-refractivity contribution in [3.63, 3.8) is 0 Å². The first-order valence-corrected chi connectivity index (χ1v) is 11.0. The first-order valence-electron chi connectivity index (χ1n) is 10.2. The molecule has 4 aromatic rings. The largest absolute Gasteiger partial charge is 0.464 e. The van der Waals surface area contributed by atoms with Gasteiger partial charge in [0.1, 0.15) is 5.69 Å². The zero-order valence-electron chi connectivity index (χ0n) is 17.0. The van der Waals surface area contributed by atoms with Crippen molar-refractivity contribution in [3.05, 3.63) is 104 Å². The molecule has 0 saturated heterocycles. The first kappa shape index (κ1) is 19.8. The number of pyridine rings is 1. The lowest BCUT2D eigenvalue weighted by Gasteiger charge is -2.23. The lowest BCUT2D eigenvalue weighted by Crippen LogP contribution is -2.32. The zero-order valence-corrected chi connectivity index (χ0v) is 18.6. The summed E-state index contributed by atoms with van der Waals surface area (Å²) in [5.41, 5.74) is 4.16. The predicted octanol–water partition coefficient (Wildman–Crippen LogP) is 5.56. The molecule has 0 bridgehead atoms. The summed E-state index contributed by atoms with van der Waals surface area (Å²) in [4.78, 5) is 26.9. The number of carbonyl (C=O) groups is 1. The molecule has 3 aromatic carbocycles. The molecule has 0 radical (unpaired) electrons. The Morgan fingerprint density at radius 1 is 0.935 bits per heavy atom. The van der Waals surface area contributed by atoms with Gasteiger partial charge < -0.3 is 4.74 Å². The topological polar surface area (TPSA) is 48.3 Å². The summed E-state index contributed by atoms with van der Waals surface area (Å²) < 4.78 is 7.72. The van der Waals surface area contributed by atoms with Crippen LogP contribution in [0.25, 0.3) is 21.9 Å². The van der Waals surface area contributed by atoms with E-state index < -0.39 is 5.97 Å². The van der Waals surface area contributed by atoms with Gasteiger partial charge in [-0.3, -0.25) is 9.36 Å². The van der Waals surface area contributed by atoms with Gasteiger partial charge in [-0.15, -0.1) is 0 Å². The number of carbonyl (C=O) groups excluding carboxylic acids is 1. The minimum absolute atomic E-state index is 0.144. The number of nitrogens with zero attached hydrogens (tertiary/aromatic N) is 1. The number of halogens is 1. The highest BCUT2D eigenvalue weighted by Gasteiger charge is 2.31. The van der Waals surface area contributed by atoms with Crippen LogP contribution < -0.4 is 5.56 Å². The van der Waals surface area contributed by atoms with Gasteiger partial charge in [0.15, 0.2) is 0 Å². The Hall–Kier alpha value is -3.18. The molecule has 0 unspecified atom stereocenters. The van der Waals surface area contributed by atoms with Crippen LogP contribution in [-0.4, -0.2) is 17.6 Å². The summed E-state index contributed by atoms with van der Waals surface area (Å²) in [5, 5.41) is 1.32. The SMILES string of the molecule is COC(=O)c1c(-c2ccccc2)c2cc(Br)ccc2c(=O)n1C1Cc2ccccc2C1. The summed E-state index contributed by atoms with van der Waals surface area (Å²) in [6.07, 6.45) is 1.41. The fourth-order valence-corrected chi connectivity index (χ4v) is 5.01. The number of methoxy groups -OCH3 is 1. The highest BCUT2D eigenvalue weighted by molar-refractivity contribution is 9.10. The smallest absolute Gasteiger partial charge is 0.355 e. The van der Waals surface area contributed by atoms with Gasteiger partial charge in [0, 0.05) is 21.5 Å². The molecule has 154 valence electrons. The number of esters is 1. The molecule has 5 heteroatoms. The fraction of sp³-hybridized carbons (Fsp3) is 0.154. The van der Waals surface area contributed by atoms with E-state index in [4.69, 9.17) is 4.74 Å². The summed E-state index contributed by atoms with van der Waals surface area (Å²) in [6, 6.07) is 23.4. The quantitative estimate of drug-likeness (QED) is 0.366. The number of hydrogen-bond acceptors (Lipinski definition) is 3. The van der Waals surface area contributed by atoms with Crippen LogP contribution in [0.15, 0.2) is 82.1 Å². The molecule has 31 heavy (non-hydrogen) atoms. The highest BCUT2D eigenvalue weighted by Crippen LogP contribution is 2.37. The van der Waals surface area contributed by atoms with E-state index in [1.807, 2.05) is 60.7 Å². The first-order chi connectivity index (χ1) is 15.1. The van der Waals surface area contributed by atoms with Gasteiger partial charge in [-0.1, -0.05) is 70.5 Å². The van der Waals surface area contributed by atoms with Crippen LogP contribution in [0, 0.1) is 0 Å². The van der Waals surface area contributed by atoms with Crippen LogP contribution in [0.1, 0.15) is 27.7 Å². The Kier molecular flexibility index (Phi) is 4.98. The van der Waals surface area contributed by atoms with Gasteiger partial charge in [-0.25, -0.2) is 4.79 Å². The van der Waals surface area contributed by atoms with E-state index in [-0.39, 0.29) is 11.6 Å². The van der Waals surface area contributed by atoms with Crippen molar-refractivity contribution in [2.24, 2.45) is 0 Å². The van der Waals surface area contributed by atoms with Gasteiger partial charge >= 0.3 is 5.97 Å². The molecule has 4 nitrogen and oxygen atoms in total. The van der Waals surface area contributed by atoms with Crippen LogP contribution >= 0.6 is 15.9 Å². The summed E-state index contributed by atoms with van der Waals surface area (Å²) in [7, 11) is 1.36. The van der Waals surface area contributed by atoms with E-state index in [2.05, 4.69) is 28.1 Å².